The Morgan fingerprint density at radius 3 is 2.79 bits per heavy atom. The SMILES string of the molecule is CCC1(CCCCCl)C(=O)Nc2ccc(OC)cc21. The largest absolute Gasteiger partial charge is 0.497 e. The number of ether oxygens (including phenoxy) is 1. The fourth-order valence-corrected chi connectivity index (χ4v) is 3.01. The van der Waals surface area contributed by atoms with Crippen molar-refractivity contribution >= 4 is 23.2 Å². The molecule has 0 fully saturated rings. The molecule has 1 atom stereocenters. The summed E-state index contributed by atoms with van der Waals surface area (Å²) in [6.07, 6.45) is 3.53. The Hall–Kier alpha value is -1.22. The minimum Gasteiger partial charge on any atom is -0.497 e. The molecular weight excluding hydrogens is 262 g/mol. The van der Waals surface area contributed by atoms with Gasteiger partial charge in [0.25, 0.3) is 0 Å². The minimum atomic E-state index is -0.421. The molecule has 1 aliphatic heterocycles. The summed E-state index contributed by atoms with van der Waals surface area (Å²) < 4.78 is 5.28. The summed E-state index contributed by atoms with van der Waals surface area (Å²) in [6, 6.07) is 5.78. The van der Waals surface area contributed by atoms with E-state index in [1.54, 1.807) is 7.11 Å². The van der Waals surface area contributed by atoms with Crippen molar-refractivity contribution in [2.75, 3.05) is 18.3 Å². The van der Waals surface area contributed by atoms with Crippen molar-refractivity contribution in [1.82, 2.24) is 0 Å². The molecule has 1 aromatic carbocycles. The normalized spacial score (nSPS) is 21.1. The first-order valence-corrected chi connectivity index (χ1v) is 7.27. The van der Waals surface area contributed by atoms with Crippen LogP contribution in [0, 0.1) is 0 Å². The van der Waals surface area contributed by atoms with Crippen LogP contribution in [0.15, 0.2) is 18.2 Å². The summed E-state index contributed by atoms with van der Waals surface area (Å²) in [5.74, 6) is 1.55. The number of methoxy groups -OCH3 is 1. The number of alkyl halides is 1. The van der Waals surface area contributed by atoms with Gasteiger partial charge < -0.3 is 10.1 Å². The maximum absolute atomic E-state index is 12.4. The first kappa shape index (κ1) is 14.2. The van der Waals surface area contributed by atoms with E-state index in [1.807, 2.05) is 18.2 Å². The average Bonchev–Trinajstić information content (AvgIpc) is 2.71. The smallest absolute Gasteiger partial charge is 0.235 e. The van der Waals surface area contributed by atoms with Gasteiger partial charge in [0.1, 0.15) is 5.75 Å². The van der Waals surface area contributed by atoms with Crippen LogP contribution in [0.3, 0.4) is 0 Å². The lowest BCUT2D eigenvalue weighted by Gasteiger charge is -2.26. The third-order valence-electron chi connectivity index (χ3n) is 4.02. The van der Waals surface area contributed by atoms with Crippen LogP contribution in [0.4, 0.5) is 5.69 Å². The molecule has 0 radical (unpaired) electrons. The van der Waals surface area contributed by atoms with Gasteiger partial charge in [0, 0.05) is 11.6 Å². The molecule has 2 rings (SSSR count). The zero-order valence-electron chi connectivity index (χ0n) is 11.5. The molecule has 0 saturated heterocycles. The van der Waals surface area contributed by atoms with Crippen molar-refractivity contribution in [1.29, 1.82) is 0 Å². The van der Waals surface area contributed by atoms with Crippen LogP contribution in [0.5, 0.6) is 5.75 Å². The molecule has 1 aromatic rings. The lowest BCUT2D eigenvalue weighted by atomic mass is 9.75. The predicted octanol–water partition coefficient (Wildman–Crippen LogP) is 3.70. The van der Waals surface area contributed by atoms with E-state index in [4.69, 9.17) is 16.3 Å². The number of carbonyl (C=O) groups excluding carboxylic acids is 1. The number of amides is 1. The van der Waals surface area contributed by atoms with E-state index in [0.29, 0.717) is 5.88 Å². The zero-order valence-corrected chi connectivity index (χ0v) is 12.2. The molecule has 1 unspecified atom stereocenters. The maximum atomic E-state index is 12.4. The van der Waals surface area contributed by atoms with Crippen LogP contribution in [-0.4, -0.2) is 18.9 Å². The molecule has 0 spiro atoms. The first-order valence-electron chi connectivity index (χ1n) is 6.74. The number of fused-ring (bicyclic) bond motifs is 1. The summed E-state index contributed by atoms with van der Waals surface area (Å²) in [7, 11) is 1.65. The number of nitrogens with one attached hydrogen (secondary N) is 1. The van der Waals surface area contributed by atoms with Crippen LogP contribution in [0.2, 0.25) is 0 Å². The molecule has 104 valence electrons. The highest BCUT2D eigenvalue weighted by atomic mass is 35.5. The number of benzene rings is 1. The molecular formula is C15H20ClNO2. The van der Waals surface area contributed by atoms with Crippen LogP contribution < -0.4 is 10.1 Å². The highest BCUT2D eigenvalue weighted by Crippen LogP contribution is 2.45. The lowest BCUT2D eigenvalue weighted by molar-refractivity contribution is -0.121. The molecule has 0 aliphatic carbocycles. The Morgan fingerprint density at radius 1 is 1.37 bits per heavy atom. The van der Waals surface area contributed by atoms with E-state index in [9.17, 15) is 4.79 Å². The number of unbranched alkanes of at least 4 members (excludes halogenated alkanes) is 1. The van der Waals surface area contributed by atoms with E-state index in [0.717, 1.165) is 42.7 Å². The molecule has 1 aliphatic rings. The molecule has 3 nitrogen and oxygen atoms in total. The predicted molar refractivity (Wildman–Crippen MR) is 78.2 cm³/mol. The van der Waals surface area contributed by atoms with Gasteiger partial charge in [0.15, 0.2) is 0 Å². The second-order valence-corrected chi connectivity index (χ2v) is 5.33. The van der Waals surface area contributed by atoms with Crippen LogP contribution in [0.1, 0.15) is 38.2 Å². The van der Waals surface area contributed by atoms with Gasteiger partial charge in [-0.3, -0.25) is 4.79 Å². The van der Waals surface area contributed by atoms with Gasteiger partial charge in [0.2, 0.25) is 5.91 Å². The average molecular weight is 282 g/mol. The van der Waals surface area contributed by atoms with Crippen molar-refractivity contribution in [3.63, 3.8) is 0 Å². The molecule has 0 bridgehead atoms. The van der Waals surface area contributed by atoms with Crippen LogP contribution in [-0.2, 0) is 10.2 Å². The van der Waals surface area contributed by atoms with E-state index >= 15 is 0 Å². The standard InChI is InChI=1S/C15H20ClNO2/c1-3-15(8-4-5-9-16)12-10-11(19-2)6-7-13(12)17-14(15)18/h6-7,10H,3-5,8-9H2,1-2H3,(H,17,18). The highest BCUT2D eigenvalue weighted by Gasteiger charge is 2.44. The second kappa shape index (κ2) is 5.83. The third kappa shape index (κ3) is 2.44. The van der Waals surface area contributed by atoms with Gasteiger partial charge in [-0.15, -0.1) is 11.6 Å². The maximum Gasteiger partial charge on any atom is 0.235 e. The van der Waals surface area contributed by atoms with Crippen molar-refractivity contribution in [2.24, 2.45) is 0 Å². The van der Waals surface area contributed by atoms with Gasteiger partial charge in [-0.25, -0.2) is 0 Å². The highest BCUT2D eigenvalue weighted by molar-refractivity contribution is 6.17. The summed E-state index contributed by atoms with van der Waals surface area (Å²) in [5, 5.41) is 2.99. The fourth-order valence-electron chi connectivity index (χ4n) is 2.82. The van der Waals surface area contributed by atoms with Crippen LogP contribution >= 0.6 is 11.6 Å². The molecule has 1 amide bonds. The van der Waals surface area contributed by atoms with E-state index < -0.39 is 5.41 Å². The zero-order chi connectivity index (χ0) is 13.9. The molecule has 4 heteroatoms. The van der Waals surface area contributed by atoms with Gasteiger partial charge in [0.05, 0.1) is 12.5 Å². The van der Waals surface area contributed by atoms with Gasteiger partial charge in [-0.2, -0.15) is 0 Å². The minimum absolute atomic E-state index is 0.104. The van der Waals surface area contributed by atoms with Gasteiger partial charge in [-0.05, 0) is 43.0 Å². The molecule has 0 aromatic heterocycles. The summed E-state index contributed by atoms with van der Waals surface area (Å²) in [4.78, 5) is 12.4. The van der Waals surface area contributed by atoms with Crippen molar-refractivity contribution in [3.8, 4) is 5.75 Å². The first-order chi connectivity index (χ1) is 9.17. The number of anilines is 1. The van der Waals surface area contributed by atoms with Crippen molar-refractivity contribution in [3.05, 3.63) is 23.8 Å². The van der Waals surface area contributed by atoms with E-state index in [-0.39, 0.29) is 5.91 Å². The summed E-state index contributed by atoms with van der Waals surface area (Å²) >= 11 is 5.74. The molecule has 0 saturated carbocycles. The Labute approximate surface area is 119 Å². The van der Waals surface area contributed by atoms with Crippen molar-refractivity contribution in [2.45, 2.75) is 38.0 Å². The lowest BCUT2D eigenvalue weighted by Crippen LogP contribution is -2.33. The van der Waals surface area contributed by atoms with E-state index in [1.165, 1.54) is 0 Å². The number of halogens is 1. The van der Waals surface area contributed by atoms with Crippen molar-refractivity contribution < 1.29 is 9.53 Å². The van der Waals surface area contributed by atoms with Gasteiger partial charge >= 0.3 is 0 Å². The van der Waals surface area contributed by atoms with Crippen LogP contribution in [0.25, 0.3) is 0 Å². The number of hydrogen-bond donors (Lipinski definition) is 1. The third-order valence-corrected chi connectivity index (χ3v) is 4.28. The topological polar surface area (TPSA) is 38.3 Å². The molecule has 19 heavy (non-hydrogen) atoms. The second-order valence-electron chi connectivity index (χ2n) is 4.95. The monoisotopic (exact) mass is 281 g/mol. The Morgan fingerprint density at radius 2 is 2.16 bits per heavy atom. The molecule has 1 heterocycles. The Balaban J connectivity index is 2.36. The van der Waals surface area contributed by atoms with Gasteiger partial charge in [-0.1, -0.05) is 13.3 Å². The molecule has 1 N–H and O–H groups in total. The summed E-state index contributed by atoms with van der Waals surface area (Å²) in [5.41, 5.74) is 1.56. The number of carbonyl (C=O) groups is 1. The fraction of sp³-hybridized carbons (Fsp3) is 0.533. The van der Waals surface area contributed by atoms with E-state index in [2.05, 4.69) is 12.2 Å². The summed E-state index contributed by atoms with van der Waals surface area (Å²) in [6.45, 7) is 2.06. The number of rotatable bonds is 6. The number of hydrogen-bond acceptors (Lipinski definition) is 2. The Kier molecular flexibility index (Phi) is 4.35. The quantitative estimate of drug-likeness (QED) is 0.638. The Bertz CT molecular complexity index is 475.